The van der Waals surface area contributed by atoms with E-state index >= 15 is 0 Å². The largest absolute Gasteiger partial charge is 0.461 e. The SMILES string of the molecule is CCOC(=O)c1csc(C(O)CCN(C)C(=O)OC(C)(C)C)n1. The van der Waals surface area contributed by atoms with E-state index in [-0.39, 0.29) is 12.3 Å². The Hall–Kier alpha value is -1.67. The molecule has 1 aromatic heterocycles. The number of ether oxygens (including phenoxy) is 2. The molecule has 7 nitrogen and oxygen atoms in total. The highest BCUT2D eigenvalue weighted by atomic mass is 32.1. The average Bonchev–Trinajstić information content (AvgIpc) is 2.92. The van der Waals surface area contributed by atoms with Gasteiger partial charge in [0, 0.05) is 19.0 Å². The summed E-state index contributed by atoms with van der Waals surface area (Å²) < 4.78 is 10.1. The van der Waals surface area contributed by atoms with Crippen LogP contribution in [0.1, 0.15) is 55.7 Å². The lowest BCUT2D eigenvalue weighted by Crippen LogP contribution is -2.35. The maximum Gasteiger partial charge on any atom is 0.410 e. The number of aromatic nitrogens is 1. The fraction of sp³-hybridized carbons (Fsp3) is 0.667. The standard InChI is InChI=1S/C15H24N2O5S/c1-6-21-13(19)10-9-23-12(16-10)11(18)7-8-17(5)14(20)22-15(2,3)4/h9,11,18H,6-8H2,1-5H3. The fourth-order valence-electron chi connectivity index (χ4n) is 1.61. The molecule has 1 amide bonds. The topological polar surface area (TPSA) is 89.0 Å². The second-order valence-electron chi connectivity index (χ2n) is 6.00. The minimum absolute atomic E-state index is 0.186. The number of carbonyl (C=O) groups is 2. The number of hydrogen-bond donors (Lipinski definition) is 1. The summed E-state index contributed by atoms with van der Waals surface area (Å²) in [4.78, 5) is 28.8. The Morgan fingerprint density at radius 3 is 2.65 bits per heavy atom. The van der Waals surface area contributed by atoms with Crippen molar-refractivity contribution in [3.8, 4) is 0 Å². The van der Waals surface area contributed by atoms with Gasteiger partial charge in [0.2, 0.25) is 0 Å². The lowest BCUT2D eigenvalue weighted by Gasteiger charge is -2.25. The second-order valence-corrected chi connectivity index (χ2v) is 6.89. The van der Waals surface area contributed by atoms with Gasteiger partial charge in [-0.1, -0.05) is 0 Å². The summed E-state index contributed by atoms with van der Waals surface area (Å²) in [5, 5.41) is 12.1. The first-order valence-electron chi connectivity index (χ1n) is 7.38. The van der Waals surface area contributed by atoms with Crippen molar-refractivity contribution in [2.24, 2.45) is 0 Å². The van der Waals surface area contributed by atoms with Crippen molar-refractivity contribution in [1.29, 1.82) is 0 Å². The van der Waals surface area contributed by atoms with Gasteiger partial charge >= 0.3 is 12.1 Å². The van der Waals surface area contributed by atoms with Crippen molar-refractivity contribution in [1.82, 2.24) is 9.88 Å². The molecule has 1 atom stereocenters. The van der Waals surface area contributed by atoms with Gasteiger partial charge < -0.3 is 19.5 Å². The number of aliphatic hydroxyl groups is 1. The molecule has 130 valence electrons. The summed E-state index contributed by atoms with van der Waals surface area (Å²) in [6, 6.07) is 0. The molecule has 0 bridgehead atoms. The van der Waals surface area contributed by atoms with Crippen molar-refractivity contribution >= 4 is 23.4 Å². The van der Waals surface area contributed by atoms with Crippen LogP contribution in [-0.4, -0.2) is 52.9 Å². The second kappa shape index (κ2) is 8.26. The molecule has 1 rings (SSSR count). The first-order chi connectivity index (χ1) is 10.6. The van der Waals surface area contributed by atoms with Gasteiger partial charge in [0.15, 0.2) is 5.69 Å². The molecule has 1 aromatic rings. The lowest BCUT2D eigenvalue weighted by molar-refractivity contribution is 0.0273. The summed E-state index contributed by atoms with van der Waals surface area (Å²) in [5.41, 5.74) is -0.375. The van der Waals surface area contributed by atoms with E-state index in [4.69, 9.17) is 9.47 Å². The quantitative estimate of drug-likeness (QED) is 0.798. The van der Waals surface area contributed by atoms with E-state index in [2.05, 4.69) is 4.98 Å². The normalized spacial score (nSPS) is 12.6. The molecule has 0 aliphatic carbocycles. The Morgan fingerprint density at radius 1 is 1.43 bits per heavy atom. The van der Waals surface area contributed by atoms with Crippen molar-refractivity contribution in [2.45, 2.75) is 45.8 Å². The Morgan fingerprint density at radius 2 is 2.09 bits per heavy atom. The molecule has 23 heavy (non-hydrogen) atoms. The number of carbonyl (C=O) groups excluding carboxylic acids is 2. The highest BCUT2D eigenvalue weighted by Crippen LogP contribution is 2.22. The molecular weight excluding hydrogens is 320 g/mol. The minimum Gasteiger partial charge on any atom is -0.461 e. The van der Waals surface area contributed by atoms with E-state index in [0.29, 0.717) is 18.0 Å². The number of rotatable bonds is 6. The first-order valence-corrected chi connectivity index (χ1v) is 8.26. The van der Waals surface area contributed by atoms with Crippen molar-refractivity contribution in [3.63, 3.8) is 0 Å². The Bertz CT molecular complexity index is 538. The van der Waals surface area contributed by atoms with Crippen LogP contribution in [0.3, 0.4) is 0 Å². The predicted octanol–water partition coefficient (Wildman–Crippen LogP) is 2.61. The molecule has 1 unspecified atom stereocenters. The molecule has 8 heteroatoms. The van der Waals surface area contributed by atoms with Crippen molar-refractivity contribution in [3.05, 3.63) is 16.1 Å². The van der Waals surface area contributed by atoms with Gasteiger partial charge in [-0.3, -0.25) is 0 Å². The average molecular weight is 344 g/mol. The van der Waals surface area contributed by atoms with Crippen LogP contribution in [-0.2, 0) is 9.47 Å². The van der Waals surface area contributed by atoms with E-state index in [1.807, 2.05) is 0 Å². The summed E-state index contributed by atoms with van der Waals surface area (Å²) in [5.74, 6) is -0.506. The van der Waals surface area contributed by atoms with Crippen molar-refractivity contribution < 1.29 is 24.2 Å². The van der Waals surface area contributed by atoms with Crippen molar-refractivity contribution in [2.75, 3.05) is 20.2 Å². The van der Waals surface area contributed by atoms with Crippen LogP contribution in [0.15, 0.2) is 5.38 Å². The van der Waals surface area contributed by atoms with Gasteiger partial charge in [0.05, 0.1) is 6.61 Å². The molecule has 0 saturated heterocycles. The Balaban J connectivity index is 2.52. The minimum atomic E-state index is -0.854. The van der Waals surface area contributed by atoms with Gasteiger partial charge in [-0.15, -0.1) is 11.3 Å². The molecule has 1 heterocycles. The predicted molar refractivity (Wildman–Crippen MR) is 86.5 cm³/mol. The summed E-state index contributed by atoms with van der Waals surface area (Å²) >= 11 is 1.19. The molecule has 0 fully saturated rings. The smallest absolute Gasteiger partial charge is 0.410 e. The molecule has 1 N–H and O–H groups in total. The maximum absolute atomic E-state index is 11.8. The van der Waals surface area contributed by atoms with Gasteiger partial charge in [-0.05, 0) is 34.1 Å². The summed E-state index contributed by atoms with van der Waals surface area (Å²) in [6.07, 6.45) is -1.00. The van der Waals surface area contributed by atoms with Crippen LogP contribution < -0.4 is 0 Å². The monoisotopic (exact) mass is 344 g/mol. The van der Waals surface area contributed by atoms with E-state index in [1.165, 1.54) is 16.2 Å². The van der Waals surface area contributed by atoms with E-state index in [9.17, 15) is 14.7 Å². The summed E-state index contributed by atoms with van der Waals surface area (Å²) in [7, 11) is 1.60. The zero-order valence-electron chi connectivity index (χ0n) is 14.2. The number of amides is 1. The number of nitrogens with zero attached hydrogens (tertiary/aromatic N) is 2. The van der Waals surface area contributed by atoms with Crippen LogP contribution in [0.25, 0.3) is 0 Å². The maximum atomic E-state index is 11.8. The third kappa shape index (κ3) is 6.54. The first kappa shape index (κ1) is 19.4. The van der Waals surface area contributed by atoms with Crippen LogP contribution >= 0.6 is 11.3 Å². The van der Waals surface area contributed by atoms with Crippen LogP contribution in [0.4, 0.5) is 4.79 Å². The zero-order valence-corrected chi connectivity index (χ0v) is 15.0. The molecular formula is C15H24N2O5S. The Kier molecular flexibility index (Phi) is 6.96. The molecule has 0 aliphatic rings. The molecule has 0 aromatic carbocycles. The van der Waals surface area contributed by atoms with Gasteiger partial charge in [0.25, 0.3) is 0 Å². The van der Waals surface area contributed by atoms with Gasteiger partial charge in [-0.2, -0.15) is 0 Å². The number of hydrogen-bond acceptors (Lipinski definition) is 7. The number of thiazole rings is 1. The molecule has 0 spiro atoms. The van der Waals surface area contributed by atoms with Crippen LogP contribution in [0.5, 0.6) is 0 Å². The molecule has 0 saturated carbocycles. The lowest BCUT2D eigenvalue weighted by atomic mass is 10.2. The summed E-state index contributed by atoms with van der Waals surface area (Å²) in [6.45, 7) is 7.67. The van der Waals surface area contributed by atoms with Crippen LogP contribution in [0, 0.1) is 0 Å². The van der Waals surface area contributed by atoms with Gasteiger partial charge in [0.1, 0.15) is 16.7 Å². The van der Waals surface area contributed by atoms with E-state index < -0.39 is 23.8 Å². The van der Waals surface area contributed by atoms with Crippen LogP contribution in [0.2, 0.25) is 0 Å². The van der Waals surface area contributed by atoms with E-state index in [1.54, 1.807) is 40.1 Å². The third-order valence-electron chi connectivity index (χ3n) is 2.73. The number of aliphatic hydroxyl groups excluding tert-OH is 1. The zero-order chi connectivity index (χ0) is 17.6. The Labute approximate surface area is 140 Å². The fourth-order valence-corrected chi connectivity index (χ4v) is 2.42. The highest BCUT2D eigenvalue weighted by Gasteiger charge is 2.21. The molecule has 0 aliphatic heterocycles. The third-order valence-corrected chi connectivity index (χ3v) is 3.68. The van der Waals surface area contributed by atoms with E-state index in [0.717, 1.165) is 0 Å². The number of esters is 1. The molecule has 0 radical (unpaired) electrons. The highest BCUT2D eigenvalue weighted by molar-refractivity contribution is 7.09. The van der Waals surface area contributed by atoms with Gasteiger partial charge in [-0.25, -0.2) is 14.6 Å².